The van der Waals surface area contributed by atoms with Gasteiger partial charge in [-0.1, -0.05) is 19.8 Å². The van der Waals surface area contributed by atoms with E-state index in [1.165, 1.54) is 0 Å². The van der Waals surface area contributed by atoms with Gasteiger partial charge in [0, 0.05) is 0 Å². The number of hydrogen-bond donors (Lipinski definition) is 3. The van der Waals surface area contributed by atoms with E-state index in [4.69, 9.17) is 5.73 Å². The van der Waals surface area contributed by atoms with Crippen molar-refractivity contribution in [2.45, 2.75) is 57.5 Å². The van der Waals surface area contributed by atoms with Gasteiger partial charge in [-0.05, 0) is 32.6 Å². The Labute approximate surface area is 102 Å². The van der Waals surface area contributed by atoms with Crippen LogP contribution in [0.3, 0.4) is 0 Å². The number of carbonyl (C=O) groups is 2. The Morgan fingerprint density at radius 2 is 2.06 bits per heavy atom. The highest BCUT2D eigenvalue weighted by molar-refractivity contribution is 5.86. The van der Waals surface area contributed by atoms with Crippen LogP contribution in [-0.2, 0) is 9.59 Å². The second-order valence-electron chi connectivity index (χ2n) is 5.70. The van der Waals surface area contributed by atoms with Gasteiger partial charge in [0.2, 0.25) is 5.91 Å². The molecule has 1 aliphatic rings. The predicted molar refractivity (Wildman–Crippen MR) is 64.4 cm³/mol. The maximum Gasteiger partial charge on any atom is 0.323 e. The molecule has 0 spiro atoms. The Bertz CT molecular complexity index is 328. The largest absolute Gasteiger partial charge is 0.480 e. The molecule has 0 aliphatic heterocycles. The van der Waals surface area contributed by atoms with Crippen molar-refractivity contribution < 1.29 is 14.7 Å². The maximum absolute atomic E-state index is 11.5. The smallest absolute Gasteiger partial charge is 0.323 e. The molecule has 4 N–H and O–H groups in total. The molecule has 2 unspecified atom stereocenters. The summed E-state index contributed by atoms with van der Waals surface area (Å²) in [6.07, 6.45) is 2.98. The minimum absolute atomic E-state index is 0.344. The first-order chi connectivity index (χ1) is 7.69. The third-order valence-corrected chi connectivity index (χ3v) is 3.57. The van der Waals surface area contributed by atoms with Crippen LogP contribution in [0, 0.1) is 5.92 Å². The molecule has 2 atom stereocenters. The van der Waals surface area contributed by atoms with Crippen LogP contribution in [0.4, 0.5) is 0 Å². The Morgan fingerprint density at radius 1 is 1.47 bits per heavy atom. The van der Waals surface area contributed by atoms with E-state index in [0.29, 0.717) is 18.8 Å². The molecule has 0 aromatic carbocycles. The van der Waals surface area contributed by atoms with E-state index >= 15 is 0 Å². The summed E-state index contributed by atoms with van der Waals surface area (Å²) in [5.41, 5.74) is 3.26. The minimum Gasteiger partial charge on any atom is -0.480 e. The topological polar surface area (TPSA) is 92.4 Å². The van der Waals surface area contributed by atoms with Crippen molar-refractivity contribution in [3.05, 3.63) is 0 Å². The number of carboxylic acid groups (broad SMARTS) is 1. The molecule has 0 radical (unpaired) electrons. The van der Waals surface area contributed by atoms with Gasteiger partial charge in [0.15, 0.2) is 0 Å². The van der Waals surface area contributed by atoms with Gasteiger partial charge < -0.3 is 10.8 Å². The molecule has 1 aliphatic carbocycles. The minimum atomic E-state index is -1.02. The zero-order valence-electron chi connectivity index (χ0n) is 10.7. The van der Waals surface area contributed by atoms with Crippen molar-refractivity contribution >= 4 is 11.9 Å². The van der Waals surface area contributed by atoms with Crippen molar-refractivity contribution in [3.8, 4) is 0 Å². The molecular formula is C12H22N2O3. The monoisotopic (exact) mass is 242 g/mol. The molecule has 1 rings (SSSR count). The summed E-state index contributed by atoms with van der Waals surface area (Å²) >= 11 is 0. The first-order valence-corrected chi connectivity index (χ1v) is 6.02. The summed E-state index contributed by atoms with van der Waals surface area (Å²) in [6.45, 7) is 5.29. The van der Waals surface area contributed by atoms with Gasteiger partial charge in [0.25, 0.3) is 0 Å². The number of nitrogens with two attached hydrogens (primary N) is 1. The van der Waals surface area contributed by atoms with Crippen LogP contribution < -0.4 is 11.1 Å². The van der Waals surface area contributed by atoms with Crippen LogP contribution in [-0.4, -0.2) is 28.1 Å². The molecule has 0 aromatic rings. The Hall–Kier alpha value is -1.10. The number of carboxylic acids is 1. The highest BCUT2D eigenvalue weighted by Crippen LogP contribution is 2.34. The molecule has 1 amide bonds. The Balaban J connectivity index is 2.93. The van der Waals surface area contributed by atoms with Gasteiger partial charge in [-0.2, -0.15) is 0 Å². The van der Waals surface area contributed by atoms with Crippen LogP contribution in [0.5, 0.6) is 0 Å². The van der Waals surface area contributed by atoms with E-state index in [1.54, 1.807) is 13.8 Å². The van der Waals surface area contributed by atoms with Gasteiger partial charge in [0.05, 0.1) is 5.54 Å². The third-order valence-electron chi connectivity index (χ3n) is 3.57. The summed E-state index contributed by atoms with van der Waals surface area (Å²) in [5, 5.41) is 12.4. The number of rotatable bonds is 4. The first kappa shape index (κ1) is 14.0. The first-order valence-electron chi connectivity index (χ1n) is 6.02. The fourth-order valence-corrected chi connectivity index (χ4v) is 2.57. The molecule has 0 saturated heterocycles. The molecule has 0 bridgehead atoms. The lowest BCUT2D eigenvalue weighted by molar-refractivity contribution is -0.149. The van der Waals surface area contributed by atoms with Crippen LogP contribution >= 0.6 is 0 Å². The molecule has 17 heavy (non-hydrogen) atoms. The SMILES string of the molecule is CC1CCCC(NC(C)(C)C(N)=O)(C(=O)O)C1. The average Bonchev–Trinajstić information content (AvgIpc) is 2.16. The fraction of sp³-hybridized carbons (Fsp3) is 0.833. The van der Waals surface area contributed by atoms with Gasteiger partial charge in [-0.15, -0.1) is 0 Å². The highest BCUT2D eigenvalue weighted by Gasteiger charge is 2.46. The summed E-state index contributed by atoms with van der Waals surface area (Å²) in [7, 11) is 0. The number of amides is 1. The quantitative estimate of drug-likeness (QED) is 0.682. The lowest BCUT2D eigenvalue weighted by Crippen LogP contribution is -2.65. The normalized spacial score (nSPS) is 29.9. The van der Waals surface area contributed by atoms with E-state index in [9.17, 15) is 14.7 Å². The standard InChI is InChI=1S/C12H22N2O3/c1-8-5-4-6-12(7-8,10(16)17)14-11(2,3)9(13)15/h8,14H,4-7H2,1-3H3,(H2,13,15)(H,16,17). The number of carbonyl (C=O) groups excluding carboxylic acids is 1. The van der Waals surface area contributed by atoms with Crippen molar-refractivity contribution in [1.82, 2.24) is 5.32 Å². The number of hydrogen-bond acceptors (Lipinski definition) is 3. The van der Waals surface area contributed by atoms with Gasteiger partial charge in [-0.25, -0.2) is 0 Å². The molecule has 1 fully saturated rings. The van der Waals surface area contributed by atoms with Crippen LogP contribution in [0.1, 0.15) is 46.5 Å². The number of primary amides is 1. The Kier molecular flexibility index (Phi) is 3.81. The zero-order chi connectivity index (χ0) is 13.3. The molecule has 0 heterocycles. The number of nitrogens with one attached hydrogen (secondary N) is 1. The molecule has 5 heteroatoms. The third kappa shape index (κ3) is 2.97. The maximum atomic E-state index is 11.5. The lowest BCUT2D eigenvalue weighted by Gasteiger charge is -2.41. The van der Waals surface area contributed by atoms with E-state index in [1.807, 2.05) is 6.92 Å². The number of aliphatic carboxylic acids is 1. The van der Waals surface area contributed by atoms with Crippen LogP contribution in [0.2, 0.25) is 0 Å². The van der Waals surface area contributed by atoms with Crippen LogP contribution in [0.15, 0.2) is 0 Å². The molecule has 1 saturated carbocycles. The van der Waals surface area contributed by atoms with Gasteiger partial charge in [-0.3, -0.25) is 14.9 Å². The van der Waals surface area contributed by atoms with Gasteiger partial charge >= 0.3 is 5.97 Å². The van der Waals surface area contributed by atoms with Crippen molar-refractivity contribution in [2.24, 2.45) is 11.7 Å². The van der Waals surface area contributed by atoms with Gasteiger partial charge in [0.1, 0.15) is 5.54 Å². The summed E-state index contributed by atoms with van der Waals surface area (Å²) in [4.78, 5) is 22.8. The van der Waals surface area contributed by atoms with E-state index in [0.717, 1.165) is 12.8 Å². The van der Waals surface area contributed by atoms with Crippen molar-refractivity contribution in [1.29, 1.82) is 0 Å². The summed E-state index contributed by atoms with van der Waals surface area (Å²) < 4.78 is 0. The second kappa shape index (κ2) is 4.64. The highest BCUT2D eigenvalue weighted by atomic mass is 16.4. The van der Waals surface area contributed by atoms with Crippen molar-refractivity contribution in [3.63, 3.8) is 0 Å². The summed E-state index contributed by atoms with van der Waals surface area (Å²) in [5.74, 6) is -1.08. The van der Waals surface area contributed by atoms with E-state index in [2.05, 4.69) is 5.32 Å². The Morgan fingerprint density at radius 3 is 2.47 bits per heavy atom. The van der Waals surface area contributed by atoms with E-state index < -0.39 is 23.0 Å². The fourth-order valence-electron chi connectivity index (χ4n) is 2.57. The van der Waals surface area contributed by atoms with Crippen LogP contribution in [0.25, 0.3) is 0 Å². The second-order valence-corrected chi connectivity index (χ2v) is 5.70. The van der Waals surface area contributed by atoms with Crippen molar-refractivity contribution in [2.75, 3.05) is 0 Å². The molecule has 98 valence electrons. The summed E-state index contributed by atoms with van der Waals surface area (Å²) in [6, 6.07) is 0. The molecular weight excluding hydrogens is 220 g/mol. The predicted octanol–water partition coefficient (Wildman–Crippen LogP) is 0.873. The lowest BCUT2D eigenvalue weighted by atomic mass is 9.75. The van der Waals surface area contributed by atoms with E-state index in [-0.39, 0.29) is 0 Å². The molecule has 0 aromatic heterocycles. The zero-order valence-corrected chi connectivity index (χ0v) is 10.7. The average molecular weight is 242 g/mol. The molecule has 5 nitrogen and oxygen atoms in total.